The highest BCUT2D eigenvalue weighted by Crippen LogP contribution is 2.30. The molecule has 0 spiro atoms. The first-order valence-electron chi connectivity index (χ1n) is 6.76. The third-order valence-corrected chi connectivity index (χ3v) is 4.48. The largest absolute Gasteiger partial charge is 0.381 e. The molecule has 2 N–H and O–H groups in total. The first-order chi connectivity index (χ1) is 9.24. The number of fused-ring (bicyclic) bond motifs is 1. The molecule has 1 saturated heterocycles. The predicted molar refractivity (Wildman–Crippen MR) is 82.1 cm³/mol. The fourth-order valence-electron chi connectivity index (χ4n) is 2.79. The van der Waals surface area contributed by atoms with Crippen LogP contribution in [0.1, 0.15) is 24.4 Å². The van der Waals surface area contributed by atoms with Crippen molar-refractivity contribution in [1.82, 2.24) is 0 Å². The lowest BCUT2D eigenvalue weighted by molar-refractivity contribution is 0.0584. The standard InChI is InChI=1S/C16H18BrNO/c17-15-4-3-12-9-14(2-1-13(12)10-15)16(18)11-5-7-19-8-6-11/h1-4,9-11,16H,5-8,18H2. The number of halogens is 1. The number of hydrogen-bond acceptors (Lipinski definition) is 2. The molecule has 0 saturated carbocycles. The van der Waals surface area contributed by atoms with E-state index >= 15 is 0 Å². The average Bonchev–Trinajstić information content (AvgIpc) is 2.47. The molecule has 100 valence electrons. The normalized spacial score (nSPS) is 18.6. The molecule has 1 fully saturated rings. The zero-order chi connectivity index (χ0) is 13.2. The second-order valence-corrected chi connectivity index (χ2v) is 6.14. The number of rotatable bonds is 2. The summed E-state index contributed by atoms with van der Waals surface area (Å²) in [4.78, 5) is 0. The highest BCUT2D eigenvalue weighted by atomic mass is 79.9. The maximum absolute atomic E-state index is 6.43. The Morgan fingerprint density at radius 3 is 2.53 bits per heavy atom. The first-order valence-corrected chi connectivity index (χ1v) is 7.56. The molecule has 2 nitrogen and oxygen atoms in total. The van der Waals surface area contributed by atoms with Crippen molar-refractivity contribution in [3.8, 4) is 0 Å². The van der Waals surface area contributed by atoms with E-state index in [0.29, 0.717) is 5.92 Å². The van der Waals surface area contributed by atoms with Crippen molar-refractivity contribution < 1.29 is 4.74 Å². The fourth-order valence-corrected chi connectivity index (χ4v) is 3.17. The van der Waals surface area contributed by atoms with Gasteiger partial charge in [0.25, 0.3) is 0 Å². The second-order valence-electron chi connectivity index (χ2n) is 5.23. The minimum absolute atomic E-state index is 0.122. The average molecular weight is 320 g/mol. The number of hydrogen-bond donors (Lipinski definition) is 1. The van der Waals surface area contributed by atoms with Crippen LogP contribution in [0, 0.1) is 5.92 Å². The smallest absolute Gasteiger partial charge is 0.0469 e. The summed E-state index contributed by atoms with van der Waals surface area (Å²) in [5, 5.41) is 2.50. The highest BCUT2D eigenvalue weighted by Gasteiger charge is 2.22. The molecule has 19 heavy (non-hydrogen) atoms. The molecule has 1 aliphatic heterocycles. The molecule has 0 amide bonds. The van der Waals surface area contributed by atoms with Crippen LogP contribution in [-0.4, -0.2) is 13.2 Å². The van der Waals surface area contributed by atoms with Crippen molar-refractivity contribution in [3.05, 3.63) is 46.4 Å². The lowest BCUT2D eigenvalue weighted by Crippen LogP contribution is -2.27. The van der Waals surface area contributed by atoms with Gasteiger partial charge in [-0.2, -0.15) is 0 Å². The van der Waals surface area contributed by atoms with Crippen molar-refractivity contribution >= 4 is 26.7 Å². The van der Waals surface area contributed by atoms with Gasteiger partial charge in [-0.3, -0.25) is 0 Å². The maximum Gasteiger partial charge on any atom is 0.0469 e. The molecule has 3 heteroatoms. The molecule has 0 bridgehead atoms. The zero-order valence-corrected chi connectivity index (χ0v) is 12.4. The van der Waals surface area contributed by atoms with E-state index in [1.807, 2.05) is 0 Å². The number of nitrogens with two attached hydrogens (primary N) is 1. The van der Waals surface area contributed by atoms with Gasteiger partial charge in [0.05, 0.1) is 0 Å². The molecule has 1 heterocycles. The zero-order valence-electron chi connectivity index (χ0n) is 10.8. The second kappa shape index (κ2) is 5.61. The van der Waals surface area contributed by atoms with Crippen LogP contribution in [0.25, 0.3) is 10.8 Å². The van der Waals surface area contributed by atoms with Gasteiger partial charge in [-0.15, -0.1) is 0 Å². The van der Waals surface area contributed by atoms with Gasteiger partial charge in [-0.1, -0.05) is 34.1 Å². The van der Waals surface area contributed by atoms with Gasteiger partial charge in [0.15, 0.2) is 0 Å². The molecule has 0 aliphatic carbocycles. The summed E-state index contributed by atoms with van der Waals surface area (Å²) in [5.74, 6) is 0.543. The van der Waals surface area contributed by atoms with Gasteiger partial charge in [0.2, 0.25) is 0 Å². The first kappa shape index (κ1) is 13.1. The van der Waals surface area contributed by atoms with Gasteiger partial charge in [-0.05, 0) is 53.3 Å². The van der Waals surface area contributed by atoms with Gasteiger partial charge in [0.1, 0.15) is 0 Å². The molecule has 2 aromatic rings. The molecule has 2 aromatic carbocycles. The van der Waals surface area contributed by atoms with Crippen LogP contribution < -0.4 is 5.73 Å². The summed E-state index contributed by atoms with van der Waals surface area (Å²) in [6, 6.07) is 13.0. The third-order valence-electron chi connectivity index (χ3n) is 3.99. The van der Waals surface area contributed by atoms with E-state index in [1.165, 1.54) is 16.3 Å². The molecule has 0 radical (unpaired) electrons. The summed E-state index contributed by atoms with van der Waals surface area (Å²) >= 11 is 3.50. The van der Waals surface area contributed by atoms with Crippen LogP contribution in [0.2, 0.25) is 0 Å². The predicted octanol–water partition coefficient (Wildman–Crippen LogP) is 4.03. The summed E-state index contributed by atoms with van der Waals surface area (Å²) < 4.78 is 6.52. The van der Waals surface area contributed by atoms with E-state index in [2.05, 4.69) is 52.3 Å². The molecular weight excluding hydrogens is 302 g/mol. The monoisotopic (exact) mass is 319 g/mol. The summed E-state index contributed by atoms with van der Waals surface area (Å²) in [7, 11) is 0. The van der Waals surface area contributed by atoms with E-state index in [4.69, 9.17) is 10.5 Å². The maximum atomic E-state index is 6.43. The van der Waals surface area contributed by atoms with Crippen LogP contribution in [-0.2, 0) is 4.74 Å². The Hall–Kier alpha value is -0.900. The highest BCUT2D eigenvalue weighted by molar-refractivity contribution is 9.10. The van der Waals surface area contributed by atoms with Gasteiger partial charge in [-0.25, -0.2) is 0 Å². The van der Waals surface area contributed by atoms with Crippen LogP contribution >= 0.6 is 15.9 Å². The van der Waals surface area contributed by atoms with Crippen molar-refractivity contribution in [1.29, 1.82) is 0 Å². The molecule has 3 rings (SSSR count). The summed E-state index contributed by atoms with van der Waals surface area (Å²) in [6.07, 6.45) is 2.14. The van der Waals surface area contributed by atoms with Gasteiger partial charge < -0.3 is 10.5 Å². The molecule has 0 aromatic heterocycles. The third kappa shape index (κ3) is 2.83. The van der Waals surface area contributed by atoms with Crippen LogP contribution in [0.3, 0.4) is 0 Å². The van der Waals surface area contributed by atoms with E-state index < -0.39 is 0 Å². The fraction of sp³-hybridized carbons (Fsp3) is 0.375. The topological polar surface area (TPSA) is 35.2 Å². The van der Waals surface area contributed by atoms with E-state index in [-0.39, 0.29) is 6.04 Å². The Kier molecular flexibility index (Phi) is 3.87. The molecule has 1 aliphatic rings. The van der Waals surface area contributed by atoms with Crippen LogP contribution in [0.5, 0.6) is 0 Å². The summed E-state index contributed by atoms with van der Waals surface area (Å²) in [6.45, 7) is 1.69. The van der Waals surface area contributed by atoms with Gasteiger partial charge >= 0.3 is 0 Å². The van der Waals surface area contributed by atoms with Crippen molar-refractivity contribution in [2.24, 2.45) is 11.7 Å². The SMILES string of the molecule is NC(c1ccc2cc(Br)ccc2c1)C1CCOCC1. The minimum Gasteiger partial charge on any atom is -0.381 e. The van der Waals surface area contributed by atoms with Crippen molar-refractivity contribution in [2.45, 2.75) is 18.9 Å². The lowest BCUT2D eigenvalue weighted by Gasteiger charge is -2.28. The van der Waals surface area contributed by atoms with Gasteiger partial charge in [0, 0.05) is 23.7 Å². The number of benzene rings is 2. The van der Waals surface area contributed by atoms with Crippen molar-refractivity contribution in [3.63, 3.8) is 0 Å². The van der Waals surface area contributed by atoms with Crippen LogP contribution in [0.15, 0.2) is 40.9 Å². The molecule has 1 unspecified atom stereocenters. The van der Waals surface area contributed by atoms with E-state index in [9.17, 15) is 0 Å². The quantitative estimate of drug-likeness (QED) is 0.907. The van der Waals surface area contributed by atoms with Crippen LogP contribution in [0.4, 0.5) is 0 Å². The Morgan fingerprint density at radius 1 is 1.05 bits per heavy atom. The Labute approximate surface area is 122 Å². The van der Waals surface area contributed by atoms with E-state index in [0.717, 1.165) is 30.5 Å². The Bertz CT molecular complexity index is 578. The number of ether oxygens (including phenoxy) is 1. The Morgan fingerprint density at radius 2 is 1.74 bits per heavy atom. The minimum atomic E-state index is 0.122. The summed E-state index contributed by atoms with van der Waals surface area (Å²) in [5.41, 5.74) is 7.66. The molecular formula is C16H18BrNO. The van der Waals surface area contributed by atoms with Crippen molar-refractivity contribution in [2.75, 3.05) is 13.2 Å². The van der Waals surface area contributed by atoms with E-state index in [1.54, 1.807) is 0 Å². The Balaban J connectivity index is 1.89. The lowest BCUT2D eigenvalue weighted by atomic mass is 9.87. The molecule has 1 atom stereocenters.